The number of anilines is 1. The molecule has 0 atom stereocenters. The molecule has 1 aliphatic heterocycles. The van der Waals surface area contributed by atoms with Gasteiger partial charge in [0.1, 0.15) is 5.75 Å². The smallest absolute Gasteiger partial charge is 0.406 e. The lowest BCUT2D eigenvalue weighted by atomic mass is 10.1. The van der Waals surface area contributed by atoms with E-state index in [0.29, 0.717) is 31.5 Å². The standard InChI is InChI=1S/C24H32F3N3O5S2/c1-18(2)16-30(17-19-4-8-22(9-5-19)35-24(25,26)27)37(33,34)23-10-6-20(7-11-23)28-21-12-14-29(15-13-21)36(3,31)32/h4-11,18,21,28H,12-17H2,1-3H3. The molecule has 2 aromatic carbocycles. The molecule has 1 heterocycles. The van der Waals surface area contributed by atoms with Crippen molar-refractivity contribution >= 4 is 25.7 Å². The van der Waals surface area contributed by atoms with Gasteiger partial charge in [0.2, 0.25) is 20.0 Å². The van der Waals surface area contributed by atoms with Gasteiger partial charge in [-0.3, -0.25) is 0 Å². The molecule has 0 aromatic heterocycles. The van der Waals surface area contributed by atoms with Crippen molar-refractivity contribution in [3.05, 3.63) is 54.1 Å². The van der Waals surface area contributed by atoms with Crippen molar-refractivity contribution in [2.45, 2.75) is 50.5 Å². The van der Waals surface area contributed by atoms with Gasteiger partial charge in [0.05, 0.1) is 11.2 Å². The minimum absolute atomic E-state index is 0.00821. The number of benzene rings is 2. The first-order valence-corrected chi connectivity index (χ1v) is 15.1. The van der Waals surface area contributed by atoms with E-state index < -0.39 is 26.4 Å². The van der Waals surface area contributed by atoms with Gasteiger partial charge in [0.15, 0.2) is 0 Å². The number of piperidine rings is 1. The predicted octanol–water partition coefficient (Wildman–Crippen LogP) is 4.27. The molecule has 1 N–H and O–H groups in total. The number of nitrogens with one attached hydrogen (secondary N) is 1. The lowest BCUT2D eigenvalue weighted by molar-refractivity contribution is -0.274. The number of hydrogen-bond donors (Lipinski definition) is 1. The van der Waals surface area contributed by atoms with Gasteiger partial charge in [-0.25, -0.2) is 21.1 Å². The Kier molecular flexibility index (Phi) is 9.14. The van der Waals surface area contributed by atoms with E-state index in [1.807, 2.05) is 13.8 Å². The molecular weight excluding hydrogens is 531 g/mol. The molecule has 37 heavy (non-hydrogen) atoms. The van der Waals surface area contributed by atoms with E-state index in [1.54, 1.807) is 12.1 Å². The van der Waals surface area contributed by atoms with Crippen molar-refractivity contribution in [2.75, 3.05) is 31.2 Å². The van der Waals surface area contributed by atoms with Crippen LogP contribution in [0.15, 0.2) is 53.4 Å². The van der Waals surface area contributed by atoms with Crippen LogP contribution in [0.2, 0.25) is 0 Å². The molecule has 1 fully saturated rings. The van der Waals surface area contributed by atoms with Gasteiger partial charge in [-0.1, -0.05) is 26.0 Å². The summed E-state index contributed by atoms with van der Waals surface area (Å²) in [5.41, 5.74) is 1.25. The summed E-state index contributed by atoms with van der Waals surface area (Å²) in [6, 6.07) is 11.6. The van der Waals surface area contributed by atoms with E-state index >= 15 is 0 Å². The normalized spacial score (nSPS) is 16.3. The van der Waals surface area contributed by atoms with E-state index in [1.165, 1.54) is 39.1 Å². The third-order valence-electron chi connectivity index (χ3n) is 5.87. The van der Waals surface area contributed by atoms with Crippen LogP contribution in [0.5, 0.6) is 5.75 Å². The van der Waals surface area contributed by atoms with Crippen LogP contribution in [-0.2, 0) is 26.6 Å². The molecule has 0 spiro atoms. The van der Waals surface area contributed by atoms with Crippen LogP contribution >= 0.6 is 0 Å². The van der Waals surface area contributed by atoms with Crippen molar-refractivity contribution in [3.8, 4) is 5.75 Å². The molecule has 0 radical (unpaired) electrons. The zero-order valence-electron chi connectivity index (χ0n) is 20.9. The van der Waals surface area contributed by atoms with E-state index in [4.69, 9.17) is 0 Å². The highest BCUT2D eigenvalue weighted by atomic mass is 32.2. The average molecular weight is 564 g/mol. The van der Waals surface area contributed by atoms with Gasteiger partial charge in [-0.2, -0.15) is 4.31 Å². The maximum atomic E-state index is 13.4. The molecule has 0 unspecified atom stereocenters. The zero-order valence-corrected chi connectivity index (χ0v) is 22.5. The van der Waals surface area contributed by atoms with Crippen LogP contribution < -0.4 is 10.1 Å². The zero-order chi connectivity index (χ0) is 27.4. The third kappa shape index (κ3) is 8.59. The maximum absolute atomic E-state index is 13.4. The van der Waals surface area contributed by atoms with Crippen molar-refractivity contribution < 1.29 is 34.7 Å². The fraction of sp³-hybridized carbons (Fsp3) is 0.500. The van der Waals surface area contributed by atoms with Gasteiger partial charge >= 0.3 is 6.36 Å². The number of sulfonamides is 2. The minimum atomic E-state index is -4.80. The molecule has 1 aliphatic rings. The van der Waals surface area contributed by atoms with E-state index in [-0.39, 0.29) is 35.7 Å². The number of rotatable bonds is 10. The largest absolute Gasteiger partial charge is 0.573 e. The first-order valence-electron chi connectivity index (χ1n) is 11.8. The van der Waals surface area contributed by atoms with Crippen LogP contribution in [0.25, 0.3) is 0 Å². The molecular formula is C24H32F3N3O5S2. The van der Waals surface area contributed by atoms with Crippen molar-refractivity contribution in [1.82, 2.24) is 8.61 Å². The van der Waals surface area contributed by atoms with Gasteiger partial charge < -0.3 is 10.1 Å². The molecule has 2 aromatic rings. The fourth-order valence-electron chi connectivity index (χ4n) is 4.09. The van der Waals surface area contributed by atoms with Crippen LogP contribution in [-0.4, -0.2) is 63.7 Å². The lowest BCUT2D eigenvalue weighted by Gasteiger charge is -2.31. The maximum Gasteiger partial charge on any atom is 0.573 e. The number of halogens is 3. The van der Waals surface area contributed by atoms with Gasteiger partial charge in [0.25, 0.3) is 0 Å². The Bertz CT molecular complexity index is 1240. The summed E-state index contributed by atoms with van der Waals surface area (Å²) >= 11 is 0. The summed E-state index contributed by atoms with van der Waals surface area (Å²) in [5.74, 6) is -0.360. The topological polar surface area (TPSA) is 96.0 Å². The van der Waals surface area contributed by atoms with Crippen molar-refractivity contribution in [3.63, 3.8) is 0 Å². The minimum Gasteiger partial charge on any atom is -0.406 e. The summed E-state index contributed by atoms with van der Waals surface area (Å²) in [4.78, 5) is 0.0996. The monoisotopic (exact) mass is 563 g/mol. The SMILES string of the molecule is CC(C)CN(Cc1ccc(OC(F)(F)F)cc1)S(=O)(=O)c1ccc(NC2CCN(S(C)(=O)=O)CC2)cc1. The molecule has 0 aliphatic carbocycles. The van der Waals surface area contributed by atoms with Crippen LogP contribution in [0.4, 0.5) is 18.9 Å². The number of nitrogens with zero attached hydrogens (tertiary/aromatic N) is 2. The fourth-order valence-corrected chi connectivity index (χ4v) is 6.56. The molecule has 206 valence electrons. The second kappa shape index (κ2) is 11.6. The first kappa shape index (κ1) is 29.2. The Morgan fingerprint density at radius 1 is 1.00 bits per heavy atom. The van der Waals surface area contributed by atoms with E-state index in [2.05, 4.69) is 10.1 Å². The Balaban J connectivity index is 1.69. The highest BCUT2D eigenvalue weighted by Gasteiger charge is 2.31. The summed E-state index contributed by atoms with van der Waals surface area (Å²) in [6.07, 6.45) is -2.33. The highest BCUT2D eigenvalue weighted by Crippen LogP contribution is 2.26. The van der Waals surface area contributed by atoms with Gasteiger partial charge in [-0.15, -0.1) is 13.2 Å². The van der Waals surface area contributed by atoms with Crippen molar-refractivity contribution in [1.29, 1.82) is 0 Å². The average Bonchev–Trinajstić information content (AvgIpc) is 2.79. The Hall–Kier alpha value is -2.35. The Morgan fingerprint density at radius 2 is 1.57 bits per heavy atom. The number of hydrogen-bond acceptors (Lipinski definition) is 6. The molecule has 3 rings (SSSR count). The molecule has 8 nitrogen and oxygen atoms in total. The molecule has 1 saturated heterocycles. The summed E-state index contributed by atoms with van der Waals surface area (Å²) in [5, 5.41) is 3.33. The van der Waals surface area contributed by atoms with Gasteiger partial charge in [0, 0.05) is 37.9 Å². The highest BCUT2D eigenvalue weighted by molar-refractivity contribution is 7.89. The number of ether oxygens (including phenoxy) is 1. The summed E-state index contributed by atoms with van der Waals surface area (Å²) in [7, 11) is -7.10. The summed E-state index contributed by atoms with van der Waals surface area (Å²) < 4.78 is 94.1. The van der Waals surface area contributed by atoms with E-state index in [9.17, 15) is 30.0 Å². The molecule has 13 heteroatoms. The van der Waals surface area contributed by atoms with Crippen LogP contribution in [0.1, 0.15) is 32.3 Å². The second-order valence-corrected chi connectivity index (χ2v) is 13.4. The quantitative estimate of drug-likeness (QED) is 0.464. The lowest BCUT2D eigenvalue weighted by Crippen LogP contribution is -2.41. The van der Waals surface area contributed by atoms with Crippen molar-refractivity contribution in [2.24, 2.45) is 5.92 Å². The Morgan fingerprint density at radius 3 is 2.05 bits per heavy atom. The number of alkyl halides is 3. The second-order valence-electron chi connectivity index (χ2n) is 9.49. The van der Waals surface area contributed by atoms with Crippen LogP contribution in [0, 0.1) is 5.92 Å². The predicted molar refractivity (Wildman–Crippen MR) is 135 cm³/mol. The van der Waals surface area contributed by atoms with Gasteiger partial charge in [-0.05, 0) is 60.7 Å². The molecule has 0 bridgehead atoms. The first-order chi connectivity index (χ1) is 17.1. The third-order valence-corrected chi connectivity index (χ3v) is 9.00. The van der Waals surface area contributed by atoms with Crippen LogP contribution in [0.3, 0.4) is 0 Å². The molecule has 0 amide bonds. The van der Waals surface area contributed by atoms with E-state index in [0.717, 1.165) is 17.8 Å². The Labute approximate surface area is 216 Å². The molecule has 0 saturated carbocycles. The summed E-state index contributed by atoms with van der Waals surface area (Å²) in [6.45, 7) is 4.83.